The molecule has 0 aromatic heterocycles. The summed E-state index contributed by atoms with van der Waals surface area (Å²) < 4.78 is 0. The quantitative estimate of drug-likeness (QED) is 0.198. The molecule has 32 heavy (non-hydrogen) atoms. The zero-order valence-electron chi connectivity index (χ0n) is 18.4. The second-order valence-corrected chi connectivity index (χ2v) is 8.74. The van der Waals surface area contributed by atoms with Crippen LogP contribution < -0.4 is 0 Å². The lowest BCUT2D eigenvalue weighted by molar-refractivity contribution is 1.47. The van der Waals surface area contributed by atoms with Crippen LogP contribution in [0.15, 0.2) is 109 Å². The fraction of sp³-hybridized carbons (Fsp3) is 0.0625. The van der Waals surface area contributed by atoms with Crippen LogP contribution in [0.1, 0.15) is 11.1 Å². The largest absolute Gasteiger partial charge is 0.0616 e. The number of rotatable bonds is 2. The smallest absolute Gasteiger partial charge is 0.00141 e. The molecule has 0 heterocycles. The molecule has 0 heteroatoms. The molecule has 0 amide bonds. The molecule has 6 aromatic carbocycles. The standard InChI is InChI=1S/C32H24/c1-21-9-7-12-24(19-21)30-27-15-5-6-16-28(27)31(25-13-8-10-22(2)20-25)32-26-14-4-3-11-23(26)17-18-29(30)32/h3-20H,1-2H3. The summed E-state index contributed by atoms with van der Waals surface area (Å²) in [5, 5.41) is 7.84. The van der Waals surface area contributed by atoms with Crippen molar-refractivity contribution in [3.8, 4) is 22.3 Å². The zero-order valence-corrected chi connectivity index (χ0v) is 18.4. The van der Waals surface area contributed by atoms with Crippen molar-refractivity contribution in [3.63, 3.8) is 0 Å². The van der Waals surface area contributed by atoms with E-state index < -0.39 is 0 Å². The topological polar surface area (TPSA) is 0 Å². The first-order valence-corrected chi connectivity index (χ1v) is 11.2. The molecule has 6 aromatic rings. The van der Waals surface area contributed by atoms with Crippen LogP contribution in [0.25, 0.3) is 54.6 Å². The van der Waals surface area contributed by atoms with Gasteiger partial charge in [-0.3, -0.25) is 0 Å². The highest BCUT2D eigenvalue weighted by atomic mass is 14.2. The molecular weight excluding hydrogens is 384 g/mol. The molecule has 0 atom stereocenters. The first-order chi connectivity index (χ1) is 15.7. The van der Waals surface area contributed by atoms with Gasteiger partial charge in [-0.15, -0.1) is 0 Å². The van der Waals surface area contributed by atoms with Crippen LogP contribution >= 0.6 is 0 Å². The summed E-state index contributed by atoms with van der Waals surface area (Å²) in [4.78, 5) is 0. The summed E-state index contributed by atoms with van der Waals surface area (Å²) in [5.74, 6) is 0. The Bertz CT molecular complexity index is 1640. The molecule has 0 aliphatic rings. The van der Waals surface area contributed by atoms with Crippen molar-refractivity contribution in [2.75, 3.05) is 0 Å². The van der Waals surface area contributed by atoms with E-state index >= 15 is 0 Å². The van der Waals surface area contributed by atoms with E-state index in [9.17, 15) is 0 Å². The number of hydrogen-bond acceptors (Lipinski definition) is 0. The van der Waals surface area contributed by atoms with E-state index in [2.05, 4.69) is 123 Å². The molecule has 0 saturated heterocycles. The van der Waals surface area contributed by atoms with Crippen molar-refractivity contribution in [2.24, 2.45) is 0 Å². The van der Waals surface area contributed by atoms with Gasteiger partial charge in [0.2, 0.25) is 0 Å². The second-order valence-electron chi connectivity index (χ2n) is 8.74. The Morgan fingerprint density at radius 1 is 0.406 bits per heavy atom. The van der Waals surface area contributed by atoms with E-state index in [0.717, 1.165) is 0 Å². The predicted molar refractivity (Wildman–Crippen MR) is 139 cm³/mol. The van der Waals surface area contributed by atoms with Gasteiger partial charge in [0.25, 0.3) is 0 Å². The Balaban J connectivity index is 1.92. The van der Waals surface area contributed by atoms with Gasteiger partial charge < -0.3 is 0 Å². The maximum atomic E-state index is 2.32. The molecule has 0 bridgehead atoms. The highest BCUT2D eigenvalue weighted by Gasteiger charge is 2.18. The highest BCUT2D eigenvalue weighted by molar-refractivity contribution is 6.27. The van der Waals surface area contributed by atoms with Crippen LogP contribution in [0.5, 0.6) is 0 Å². The second kappa shape index (κ2) is 7.35. The first kappa shape index (κ1) is 18.8. The van der Waals surface area contributed by atoms with Crippen LogP contribution in [0.3, 0.4) is 0 Å². The van der Waals surface area contributed by atoms with Gasteiger partial charge in [0.05, 0.1) is 0 Å². The molecule has 0 saturated carbocycles. The Hall–Kier alpha value is -3.90. The summed E-state index contributed by atoms with van der Waals surface area (Å²) >= 11 is 0. The fourth-order valence-electron chi connectivity index (χ4n) is 5.16. The van der Waals surface area contributed by atoms with Crippen LogP contribution in [-0.4, -0.2) is 0 Å². The molecule has 0 N–H and O–H groups in total. The van der Waals surface area contributed by atoms with Crippen molar-refractivity contribution in [3.05, 3.63) is 120 Å². The number of aryl methyl sites for hydroxylation is 2. The van der Waals surface area contributed by atoms with E-state index in [1.54, 1.807) is 0 Å². The lowest BCUT2D eigenvalue weighted by Gasteiger charge is -2.19. The molecular formula is C32H24. The molecule has 0 fully saturated rings. The first-order valence-electron chi connectivity index (χ1n) is 11.2. The molecule has 6 rings (SSSR count). The van der Waals surface area contributed by atoms with Gasteiger partial charge in [0.15, 0.2) is 0 Å². The summed E-state index contributed by atoms with van der Waals surface area (Å²) in [6, 6.07) is 40.1. The average Bonchev–Trinajstić information content (AvgIpc) is 2.82. The Morgan fingerprint density at radius 2 is 0.969 bits per heavy atom. The van der Waals surface area contributed by atoms with E-state index in [0.29, 0.717) is 0 Å². The van der Waals surface area contributed by atoms with E-state index in [4.69, 9.17) is 0 Å². The van der Waals surface area contributed by atoms with Gasteiger partial charge >= 0.3 is 0 Å². The highest BCUT2D eigenvalue weighted by Crippen LogP contribution is 2.46. The Morgan fingerprint density at radius 3 is 1.62 bits per heavy atom. The maximum absolute atomic E-state index is 2.32. The number of hydrogen-bond donors (Lipinski definition) is 0. The van der Waals surface area contributed by atoms with Gasteiger partial charge in [-0.2, -0.15) is 0 Å². The van der Waals surface area contributed by atoms with Gasteiger partial charge in [-0.1, -0.05) is 120 Å². The van der Waals surface area contributed by atoms with Crippen LogP contribution in [0, 0.1) is 13.8 Å². The zero-order chi connectivity index (χ0) is 21.7. The normalized spacial score (nSPS) is 11.4. The number of benzene rings is 6. The minimum Gasteiger partial charge on any atom is -0.0616 e. The Kier molecular flexibility index (Phi) is 4.33. The van der Waals surface area contributed by atoms with Crippen LogP contribution in [0.4, 0.5) is 0 Å². The Labute approximate surface area is 188 Å². The van der Waals surface area contributed by atoms with Gasteiger partial charge in [-0.05, 0) is 68.4 Å². The van der Waals surface area contributed by atoms with Crippen LogP contribution in [-0.2, 0) is 0 Å². The van der Waals surface area contributed by atoms with Crippen molar-refractivity contribution in [1.29, 1.82) is 0 Å². The summed E-state index contributed by atoms with van der Waals surface area (Å²) in [7, 11) is 0. The van der Waals surface area contributed by atoms with E-state index in [1.807, 2.05) is 0 Å². The van der Waals surface area contributed by atoms with Gasteiger partial charge in [0.1, 0.15) is 0 Å². The summed E-state index contributed by atoms with van der Waals surface area (Å²) in [6.45, 7) is 4.34. The molecule has 0 aliphatic carbocycles. The monoisotopic (exact) mass is 408 g/mol. The maximum Gasteiger partial charge on any atom is -0.00141 e. The van der Waals surface area contributed by atoms with Crippen molar-refractivity contribution < 1.29 is 0 Å². The lowest BCUT2D eigenvalue weighted by Crippen LogP contribution is -1.92. The number of fused-ring (bicyclic) bond motifs is 4. The fourth-order valence-corrected chi connectivity index (χ4v) is 5.16. The average molecular weight is 409 g/mol. The van der Waals surface area contributed by atoms with Crippen molar-refractivity contribution in [2.45, 2.75) is 13.8 Å². The third kappa shape index (κ3) is 2.92. The molecule has 0 radical (unpaired) electrons. The summed E-state index contributed by atoms with van der Waals surface area (Å²) in [5.41, 5.74) is 7.76. The van der Waals surface area contributed by atoms with Gasteiger partial charge in [0, 0.05) is 0 Å². The van der Waals surface area contributed by atoms with E-state index in [1.165, 1.54) is 65.7 Å². The predicted octanol–water partition coefficient (Wildman–Crippen LogP) is 9.10. The molecule has 0 unspecified atom stereocenters. The molecule has 0 aliphatic heterocycles. The minimum atomic E-state index is 1.28. The minimum absolute atomic E-state index is 1.28. The van der Waals surface area contributed by atoms with Crippen molar-refractivity contribution >= 4 is 32.3 Å². The lowest BCUT2D eigenvalue weighted by atomic mass is 9.83. The van der Waals surface area contributed by atoms with Gasteiger partial charge in [-0.25, -0.2) is 0 Å². The summed E-state index contributed by atoms with van der Waals surface area (Å²) in [6.07, 6.45) is 0. The SMILES string of the molecule is Cc1cccc(-c2c3ccccc3c(-c3cccc(C)c3)c3c2ccc2ccccc23)c1. The van der Waals surface area contributed by atoms with Crippen molar-refractivity contribution in [1.82, 2.24) is 0 Å². The molecule has 152 valence electrons. The third-order valence-corrected chi connectivity index (χ3v) is 6.53. The molecule has 0 spiro atoms. The third-order valence-electron chi connectivity index (χ3n) is 6.53. The van der Waals surface area contributed by atoms with Crippen LogP contribution in [0.2, 0.25) is 0 Å². The molecule has 0 nitrogen and oxygen atoms in total. The van der Waals surface area contributed by atoms with E-state index in [-0.39, 0.29) is 0 Å².